The van der Waals surface area contributed by atoms with Gasteiger partial charge in [-0.1, -0.05) is 23.7 Å². The van der Waals surface area contributed by atoms with E-state index in [0.717, 1.165) is 5.69 Å². The number of aryl methyl sites for hydroxylation is 1. The largest absolute Gasteiger partial charge is 0.340 e. The van der Waals surface area contributed by atoms with Crippen molar-refractivity contribution in [2.24, 2.45) is 0 Å². The van der Waals surface area contributed by atoms with Gasteiger partial charge in [0, 0.05) is 16.3 Å². The topological polar surface area (TPSA) is 54.0 Å². The lowest BCUT2D eigenvalue weighted by Crippen LogP contribution is -2.11. The quantitative estimate of drug-likeness (QED) is 0.701. The summed E-state index contributed by atoms with van der Waals surface area (Å²) in [6.07, 6.45) is 1.62. The maximum Gasteiger partial charge on any atom is 0.255 e. The number of pyridine rings is 1. The normalized spacial score (nSPS) is 10.2. The summed E-state index contributed by atoms with van der Waals surface area (Å²) >= 11 is 5.82. The van der Waals surface area contributed by atoms with Gasteiger partial charge in [-0.25, -0.2) is 4.98 Å². The Morgan fingerprint density at radius 3 is 2.46 bits per heavy atom. The summed E-state index contributed by atoms with van der Waals surface area (Å²) in [7, 11) is 0. The first-order valence-corrected chi connectivity index (χ1v) is 7.84. The minimum Gasteiger partial charge on any atom is -0.340 e. The second-order valence-corrected chi connectivity index (χ2v) is 5.82. The number of nitrogens with zero attached hydrogens (tertiary/aromatic N) is 1. The number of rotatable bonds is 4. The number of anilines is 3. The van der Waals surface area contributed by atoms with Crippen LogP contribution in [-0.4, -0.2) is 10.9 Å². The van der Waals surface area contributed by atoms with E-state index in [4.69, 9.17) is 11.6 Å². The molecule has 0 aliphatic carbocycles. The van der Waals surface area contributed by atoms with Crippen molar-refractivity contribution >= 4 is 34.7 Å². The maximum absolute atomic E-state index is 12.1. The fourth-order valence-electron chi connectivity index (χ4n) is 2.22. The molecule has 0 atom stereocenters. The predicted octanol–water partition coefficient (Wildman–Crippen LogP) is 5.04. The van der Waals surface area contributed by atoms with Crippen LogP contribution in [-0.2, 0) is 0 Å². The number of halogens is 1. The standard InChI is InChI=1S/C19H16ClN3O/c1-13-3-2-4-16(11-13)22-18-10-9-17(12-21-18)23-19(24)14-5-7-15(20)8-6-14/h2-12H,1H3,(H,21,22)(H,23,24). The molecule has 0 saturated carbocycles. The van der Waals surface area contributed by atoms with E-state index in [1.807, 2.05) is 37.3 Å². The number of benzene rings is 2. The van der Waals surface area contributed by atoms with Gasteiger partial charge in [-0.3, -0.25) is 4.79 Å². The van der Waals surface area contributed by atoms with Crippen LogP contribution in [0.1, 0.15) is 15.9 Å². The van der Waals surface area contributed by atoms with Crippen molar-refractivity contribution in [3.8, 4) is 0 Å². The van der Waals surface area contributed by atoms with E-state index in [9.17, 15) is 4.79 Å². The van der Waals surface area contributed by atoms with Crippen molar-refractivity contribution in [1.82, 2.24) is 4.98 Å². The first-order valence-electron chi connectivity index (χ1n) is 7.47. The second-order valence-electron chi connectivity index (χ2n) is 5.39. The van der Waals surface area contributed by atoms with Crippen LogP contribution in [0.3, 0.4) is 0 Å². The molecule has 3 aromatic rings. The Kier molecular flexibility index (Phi) is 4.77. The number of carbonyl (C=O) groups excluding carboxylic acids is 1. The third kappa shape index (κ3) is 4.12. The zero-order valence-corrected chi connectivity index (χ0v) is 13.8. The van der Waals surface area contributed by atoms with E-state index in [0.29, 0.717) is 22.1 Å². The summed E-state index contributed by atoms with van der Waals surface area (Å²) in [6.45, 7) is 2.04. The Balaban J connectivity index is 1.66. The molecule has 24 heavy (non-hydrogen) atoms. The van der Waals surface area contributed by atoms with E-state index in [2.05, 4.69) is 15.6 Å². The SMILES string of the molecule is Cc1cccc(Nc2ccc(NC(=O)c3ccc(Cl)cc3)cn2)c1. The number of aromatic nitrogens is 1. The van der Waals surface area contributed by atoms with Crippen LogP contribution in [0.2, 0.25) is 5.02 Å². The van der Waals surface area contributed by atoms with Crippen molar-refractivity contribution < 1.29 is 4.79 Å². The molecule has 4 nitrogen and oxygen atoms in total. The first-order chi connectivity index (χ1) is 11.6. The van der Waals surface area contributed by atoms with Crippen molar-refractivity contribution in [1.29, 1.82) is 0 Å². The highest BCUT2D eigenvalue weighted by atomic mass is 35.5. The molecule has 1 heterocycles. The zero-order chi connectivity index (χ0) is 16.9. The summed E-state index contributed by atoms with van der Waals surface area (Å²) < 4.78 is 0. The van der Waals surface area contributed by atoms with Gasteiger partial charge >= 0.3 is 0 Å². The first kappa shape index (κ1) is 16.0. The van der Waals surface area contributed by atoms with Gasteiger partial charge in [-0.15, -0.1) is 0 Å². The summed E-state index contributed by atoms with van der Waals surface area (Å²) in [6, 6.07) is 18.4. The van der Waals surface area contributed by atoms with Crippen molar-refractivity contribution in [2.45, 2.75) is 6.92 Å². The van der Waals surface area contributed by atoms with Crippen molar-refractivity contribution in [3.05, 3.63) is 83.0 Å². The van der Waals surface area contributed by atoms with Gasteiger partial charge in [0.15, 0.2) is 0 Å². The highest BCUT2D eigenvalue weighted by Gasteiger charge is 2.06. The fraction of sp³-hybridized carbons (Fsp3) is 0.0526. The summed E-state index contributed by atoms with van der Waals surface area (Å²) in [5.74, 6) is 0.512. The van der Waals surface area contributed by atoms with Crippen molar-refractivity contribution in [2.75, 3.05) is 10.6 Å². The molecular formula is C19H16ClN3O. The summed E-state index contributed by atoms with van der Waals surface area (Å²) in [5, 5.41) is 6.63. The van der Waals surface area contributed by atoms with E-state index >= 15 is 0 Å². The van der Waals surface area contributed by atoms with E-state index in [1.165, 1.54) is 5.56 Å². The lowest BCUT2D eigenvalue weighted by molar-refractivity contribution is 0.102. The molecule has 1 amide bonds. The van der Waals surface area contributed by atoms with Crippen LogP contribution >= 0.6 is 11.6 Å². The maximum atomic E-state index is 12.1. The minimum atomic E-state index is -0.201. The third-order valence-electron chi connectivity index (χ3n) is 3.42. The molecule has 0 spiro atoms. The molecule has 0 aliphatic heterocycles. The number of hydrogen-bond acceptors (Lipinski definition) is 3. The Labute approximate surface area is 145 Å². The molecule has 2 N–H and O–H groups in total. The molecule has 3 rings (SSSR count). The molecule has 120 valence electrons. The molecular weight excluding hydrogens is 322 g/mol. The molecule has 0 saturated heterocycles. The number of nitrogens with one attached hydrogen (secondary N) is 2. The van der Waals surface area contributed by atoms with Crippen LogP contribution in [0.25, 0.3) is 0 Å². The molecule has 0 radical (unpaired) electrons. The Morgan fingerprint density at radius 1 is 1.00 bits per heavy atom. The van der Waals surface area contributed by atoms with Crippen LogP contribution in [0.15, 0.2) is 66.9 Å². The third-order valence-corrected chi connectivity index (χ3v) is 3.67. The molecule has 5 heteroatoms. The smallest absolute Gasteiger partial charge is 0.255 e. The minimum absolute atomic E-state index is 0.201. The molecule has 0 bridgehead atoms. The monoisotopic (exact) mass is 337 g/mol. The van der Waals surface area contributed by atoms with Gasteiger partial charge in [0.25, 0.3) is 5.91 Å². The zero-order valence-electron chi connectivity index (χ0n) is 13.1. The Bertz CT molecular complexity index is 845. The van der Waals surface area contributed by atoms with Crippen LogP contribution < -0.4 is 10.6 Å². The summed E-state index contributed by atoms with van der Waals surface area (Å²) in [5.41, 5.74) is 3.32. The number of amides is 1. The Morgan fingerprint density at radius 2 is 1.79 bits per heavy atom. The molecule has 0 fully saturated rings. The summed E-state index contributed by atoms with van der Waals surface area (Å²) in [4.78, 5) is 16.5. The van der Waals surface area contributed by atoms with Gasteiger partial charge in [-0.05, 0) is 61.0 Å². The number of hydrogen-bond donors (Lipinski definition) is 2. The lowest BCUT2D eigenvalue weighted by atomic mass is 10.2. The van der Waals surface area contributed by atoms with Gasteiger partial charge < -0.3 is 10.6 Å². The predicted molar refractivity (Wildman–Crippen MR) is 98.1 cm³/mol. The van der Waals surface area contributed by atoms with E-state index < -0.39 is 0 Å². The van der Waals surface area contributed by atoms with Crippen molar-refractivity contribution in [3.63, 3.8) is 0 Å². The Hall–Kier alpha value is -2.85. The molecule has 1 aromatic heterocycles. The second kappa shape index (κ2) is 7.15. The lowest BCUT2D eigenvalue weighted by Gasteiger charge is -2.08. The van der Waals surface area contributed by atoms with Gasteiger partial charge in [0.2, 0.25) is 0 Å². The van der Waals surface area contributed by atoms with Gasteiger partial charge in [-0.2, -0.15) is 0 Å². The average molecular weight is 338 g/mol. The van der Waals surface area contributed by atoms with Crippen LogP contribution in [0, 0.1) is 6.92 Å². The van der Waals surface area contributed by atoms with Crippen LogP contribution in [0.4, 0.5) is 17.2 Å². The van der Waals surface area contributed by atoms with Crippen LogP contribution in [0.5, 0.6) is 0 Å². The molecule has 2 aromatic carbocycles. The highest BCUT2D eigenvalue weighted by molar-refractivity contribution is 6.30. The van der Waals surface area contributed by atoms with E-state index in [-0.39, 0.29) is 5.91 Å². The van der Waals surface area contributed by atoms with E-state index in [1.54, 1.807) is 36.5 Å². The fourth-order valence-corrected chi connectivity index (χ4v) is 2.34. The molecule has 0 aliphatic rings. The number of carbonyl (C=O) groups is 1. The average Bonchev–Trinajstić information content (AvgIpc) is 2.57. The van der Waals surface area contributed by atoms with Gasteiger partial charge in [0.1, 0.15) is 5.82 Å². The van der Waals surface area contributed by atoms with Gasteiger partial charge in [0.05, 0.1) is 11.9 Å². The highest BCUT2D eigenvalue weighted by Crippen LogP contribution is 2.18. The molecule has 0 unspecified atom stereocenters.